The molecule has 0 amide bonds. The van der Waals surface area contributed by atoms with Crippen molar-refractivity contribution in [1.29, 1.82) is 5.26 Å². The third-order valence-corrected chi connectivity index (χ3v) is 10.6. The molecule has 6 rings (SSSR count). The van der Waals surface area contributed by atoms with Crippen LogP contribution in [0.25, 0.3) is 5.52 Å². The standard InChI is InChI=1S/C34H39N6O12P/c1-20(41)47-30-27(51-34(18-35,31(30)48-21(2)42)28-15-14-26-32(36)37-19-38-40(26)28)17-46-53(45,52-24-8-4-3-5-9-24)39-25(33(44)50-23-12-7-13-23)16-29(43)49-22-10-6-11-22/h3-5,8-9,14-15,19,22-23,25,27,30-31H,6-7,10-13,16-17H2,1-2H3,(H,39,45)(H2,36,37,38)/t25-,27+,30+,31+,34-,53+/m0/s1. The summed E-state index contributed by atoms with van der Waals surface area (Å²) < 4.78 is 56.2. The molecular weight excluding hydrogens is 715 g/mol. The van der Waals surface area contributed by atoms with E-state index < -0.39 is 74.6 Å². The molecule has 6 atom stereocenters. The zero-order valence-corrected chi connectivity index (χ0v) is 29.8. The Labute approximate surface area is 303 Å². The topological polar surface area (TPSA) is 242 Å². The lowest BCUT2D eigenvalue weighted by molar-refractivity contribution is -0.166. The van der Waals surface area contributed by atoms with Gasteiger partial charge in [0.05, 0.1) is 18.7 Å². The molecule has 282 valence electrons. The minimum atomic E-state index is -4.70. The highest BCUT2D eigenvalue weighted by Crippen LogP contribution is 2.49. The number of nitriles is 1. The Morgan fingerprint density at radius 1 is 1.02 bits per heavy atom. The van der Waals surface area contributed by atoms with E-state index in [1.165, 1.54) is 28.8 Å². The van der Waals surface area contributed by atoms with Crippen molar-refractivity contribution in [2.24, 2.45) is 0 Å². The van der Waals surface area contributed by atoms with Gasteiger partial charge in [-0.3, -0.25) is 23.7 Å². The third kappa shape index (κ3) is 8.44. The van der Waals surface area contributed by atoms with Crippen LogP contribution in [0.3, 0.4) is 0 Å². The van der Waals surface area contributed by atoms with Gasteiger partial charge in [-0.15, -0.1) is 0 Å². The normalized spacial score (nSPS) is 24.4. The molecule has 0 spiro atoms. The van der Waals surface area contributed by atoms with Crippen molar-refractivity contribution in [2.75, 3.05) is 12.3 Å². The monoisotopic (exact) mass is 754 g/mol. The number of nitrogen functional groups attached to an aromatic ring is 1. The number of hydrogen-bond acceptors (Lipinski definition) is 16. The number of nitrogens with one attached hydrogen (secondary N) is 1. The number of ether oxygens (including phenoxy) is 5. The number of para-hydroxylation sites is 1. The Morgan fingerprint density at radius 2 is 1.70 bits per heavy atom. The number of anilines is 1. The maximum atomic E-state index is 14.7. The van der Waals surface area contributed by atoms with Gasteiger partial charge in [-0.25, -0.2) is 14.1 Å². The molecule has 3 fully saturated rings. The molecule has 1 saturated heterocycles. The van der Waals surface area contributed by atoms with E-state index in [1.54, 1.807) is 18.2 Å². The van der Waals surface area contributed by atoms with Crippen molar-refractivity contribution in [3.8, 4) is 11.8 Å². The van der Waals surface area contributed by atoms with Gasteiger partial charge in [0.2, 0.25) is 5.60 Å². The number of aromatic nitrogens is 3. The fourth-order valence-electron chi connectivity index (χ4n) is 6.05. The Morgan fingerprint density at radius 3 is 2.32 bits per heavy atom. The minimum Gasteiger partial charge on any atom is -0.462 e. The summed E-state index contributed by atoms with van der Waals surface area (Å²) in [6.07, 6.45) is -0.205. The molecule has 53 heavy (non-hydrogen) atoms. The van der Waals surface area contributed by atoms with Crippen LogP contribution in [0.5, 0.6) is 5.75 Å². The van der Waals surface area contributed by atoms with Crippen LogP contribution in [0.1, 0.15) is 64.5 Å². The Bertz CT molecular complexity index is 1930. The van der Waals surface area contributed by atoms with Crippen LogP contribution in [-0.2, 0) is 57.6 Å². The summed E-state index contributed by atoms with van der Waals surface area (Å²) in [5.41, 5.74) is 4.18. The molecular formula is C34H39N6O12P. The van der Waals surface area contributed by atoms with Gasteiger partial charge in [0, 0.05) is 13.8 Å². The summed E-state index contributed by atoms with van der Waals surface area (Å²) in [5, 5.41) is 17.5. The van der Waals surface area contributed by atoms with Crippen LogP contribution in [0.2, 0.25) is 0 Å². The summed E-state index contributed by atoms with van der Waals surface area (Å²) in [4.78, 5) is 55.2. The fraction of sp³-hybridized carbons (Fsp3) is 0.500. The average Bonchev–Trinajstić information content (AvgIpc) is 3.64. The number of nitrogens with two attached hydrogens (primary N) is 1. The SMILES string of the molecule is CC(=O)O[C@H]1[C@@H](OC(C)=O)[C@](C#N)(c2ccc3c(N)ncnn23)O[C@@H]1CO[P@](=O)(N[C@@H](CC(=O)OC1CCC1)C(=O)OC1CCC1)Oc1ccccc1. The largest absolute Gasteiger partial charge is 0.462 e. The summed E-state index contributed by atoms with van der Waals surface area (Å²) in [7, 11) is -4.70. The predicted octanol–water partition coefficient (Wildman–Crippen LogP) is 3.04. The zero-order chi connectivity index (χ0) is 37.8. The summed E-state index contributed by atoms with van der Waals surface area (Å²) in [6, 6.07) is 11.4. The van der Waals surface area contributed by atoms with Gasteiger partial charge >= 0.3 is 31.6 Å². The van der Waals surface area contributed by atoms with Crippen LogP contribution >= 0.6 is 7.75 Å². The fourth-order valence-corrected chi connectivity index (χ4v) is 7.55. The highest BCUT2D eigenvalue weighted by Gasteiger charge is 2.62. The van der Waals surface area contributed by atoms with E-state index in [9.17, 15) is 29.0 Å². The zero-order valence-electron chi connectivity index (χ0n) is 29.0. The van der Waals surface area contributed by atoms with Crippen LogP contribution in [0.15, 0.2) is 48.8 Å². The second-order valence-electron chi connectivity index (χ2n) is 12.9. The molecule has 3 aliphatic rings. The number of carbonyl (C=O) groups excluding carboxylic acids is 4. The van der Waals surface area contributed by atoms with Crippen molar-refractivity contribution in [2.45, 2.75) is 101 Å². The molecule has 19 heteroatoms. The van der Waals surface area contributed by atoms with Crippen LogP contribution in [0.4, 0.5) is 5.82 Å². The van der Waals surface area contributed by atoms with Crippen molar-refractivity contribution >= 4 is 43.0 Å². The van der Waals surface area contributed by atoms with Crippen LogP contribution in [-0.4, -0.2) is 81.6 Å². The number of fused-ring (bicyclic) bond motifs is 1. The summed E-state index contributed by atoms with van der Waals surface area (Å²) in [6.45, 7) is 1.47. The van der Waals surface area contributed by atoms with E-state index in [0.29, 0.717) is 31.2 Å². The Kier molecular flexibility index (Phi) is 11.3. The smallest absolute Gasteiger partial charge is 0.459 e. The van der Waals surface area contributed by atoms with Gasteiger partial charge in [0.25, 0.3) is 0 Å². The van der Waals surface area contributed by atoms with E-state index in [4.69, 9.17) is 38.5 Å². The number of hydrogen-bond donors (Lipinski definition) is 2. The van der Waals surface area contributed by atoms with Gasteiger partial charge < -0.3 is 33.9 Å². The first-order valence-electron chi connectivity index (χ1n) is 17.1. The summed E-state index contributed by atoms with van der Waals surface area (Å²) >= 11 is 0. The molecule has 3 N–H and O–H groups in total. The van der Waals surface area contributed by atoms with Crippen molar-refractivity contribution in [3.05, 3.63) is 54.5 Å². The minimum absolute atomic E-state index is 0.0422. The number of nitrogens with zero attached hydrogens (tertiary/aromatic N) is 4. The molecule has 0 bridgehead atoms. The van der Waals surface area contributed by atoms with Crippen molar-refractivity contribution in [3.63, 3.8) is 0 Å². The maximum absolute atomic E-state index is 14.7. The van der Waals surface area contributed by atoms with Crippen molar-refractivity contribution in [1.82, 2.24) is 19.7 Å². The summed E-state index contributed by atoms with van der Waals surface area (Å²) in [5.74, 6) is -3.11. The third-order valence-electron chi connectivity index (χ3n) is 9.06. The molecule has 0 radical (unpaired) electrons. The van der Waals surface area contributed by atoms with Crippen LogP contribution < -0.4 is 15.3 Å². The van der Waals surface area contributed by atoms with E-state index >= 15 is 0 Å². The average molecular weight is 755 g/mol. The molecule has 3 aromatic rings. The number of esters is 4. The Balaban J connectivity index is 1.33. The molecule has 18 nitrogen and oxygen atoms in total. The van der Waals surface area contributed by atoms with E-state index in [2.05, 4.69) is 15.2 Å². The molecule has 2 saturated carbocycles. The highest BCUT2D eigenvalue weighted by atomic mass is 31.2. The first-order chi connectivity index (χ1) is 25.4. The van der Waals surface area contributed by atoms with Gasteiger partial charge in [0.15, 0.2) is 18.0 Å². The van der Waals surface area contributed by atoms with E-state index in [-0.39, 0.29) is 29.5 Å². The number of benzene rings is 1. The van der Waals surface area contributed by atoms with Crippen molar-refractivity contribution < 1.29 is 56.5 Å². The quantitative estimate of drug-likeness (QED) is 0.129. The first-order valence-corrected chi connectivity index (χ1v) is 18.6. The van der Waals surface area contributed by atoms with Crippen LogP contribution in [0, 0.1) is 11.3 Å². The molecule has 2 aliphatic carbocycles. The Hall–Kier alpha value is -5.08. The molecule has 2 aromatic heterocycles. The van der Waals surface area contributed by atoms with Gasteiger partial charge in [-0.05, 0) is 62.8 Å². The first kappa shape index (κ1) is 37.7. The molecule has 1 aromatic carbocycles. The lowest BCUT2D eigenvalue weighted by atomic mass is 9.92. The highest BCUT2D eigenvalue weighted by molar-refractivity contribution is 7.52. The second-order valence-corrected chi connectivity index (χ2v) is 14.6. The molecule has 3 heterocycles. The molecule has 0 unspecified atom stereocenters. The second kappa shape index (κ2) is 15.9. The van der Waals surface area contributed by atoms with E-state index in [1.807, 2.05) is 6.07 Å². The van der Waals surface area contributed by atoms with Gasteiger partial charge in [-0.1, -0.05) is 18.2 Å². The van der Waals surface area contributed by atoms with E-state index in [0.717, 1.165) is 33.0 Å². The predicted molar refractivity (Wildman–Crippen MR) is 180 cm³/mol. The van der Waals surface area contributed by atoms with Gasteiger partial charge in [-0.2, -0.15) is 15.4 Å². The number of carbonyl (C=O) groups is 4. The molecule has 1 aliphatic heterocycles. The number of rotatable bonds is 15. The lowest BCUT2D eigenvalue weighted by Gasteiger charge is -2.30. The lowest BCUT2D eigenvalue weighted by Crippen LogP contribution is -2.46. The van der Waals surface area contributed by atoms with Gasteiger partial charge in [0.1, 0.15) is 48.0 Å². The maximum Gasteiger partial charge on any atom is 0.459 e.